The predicted molar refractivity (Wildman–Crippen MR) is 60.6 cm³/mol. The number of aromatic nitrogens is 1. The maximum Gasteiger partial charge on any atom is 0.319 e. The highest BCUT2D eigenvalue weighted by molar-refractivity contribution is 5.73. The average molecular weight is 240 g/mol. The van der Waals surface area contributed by atoms with Crippen LogP contribution in [0.1, 0.15) is 5.69 Å². The number of H-pyrrole nitrogens is 1. The Morgan fingerprint density at radius 2 is 2.24 bits per heavy atom. The van der Waals surface area contributed by atoms with E-state index in [2.05, 4.69) is 9.72 Å². The summed E-state index contributed by atoms with van der Waals surface area (Å²) in [6, 6.07) is 3.79. The minimum atomic E-state index is -0.958. The van der Waals surface area contributed by atoms with Crippen molar-refractivity contribution in [1.29, 1.82) is 0 Å². The summed E-state index contributed by atoms with van der Waals surface area (Å²) in [6.07, 6.45) is 2.47. The summed E-state index contributed by atoms with van der Waals surface area (Å²) in [5.74, 6) is -1.39. The molecule has 0 saturated carbocycles. The number of methoxy groups -OCH3 is 1. The minimum Gasteiger partial charge on any atom is -0.480 e. The van der Waals surface area contributed by atoms with Gasteiger partial charge in [-0.3, -0.25) is 14.5 Å². The molecule has 1 rings (SSSR count). The number of carbonyl (C=O) groups is 2. The van der Waals surface area contributed by atoms with Crippen LogP contribution >= 0.6 is 0 Å². The number of nitrogens with one attached hydrogen (secondary N) is 1. The number of ether oxygens (including phenoxy) is 1. The van der Waals surface area contributed by atoms with Crippen molar-refractivity contribution in [2.45, 2.75) is 6.42 Å². The molecule has 94 valence electrons. The van der Waals surface area contributed by atoms with Gasteiger partial charge in [0.15, 0.2) is 0 Å². The quantitative estimate of drug-likeness (QED) is 0.661. The van der Waals surface area contributed by atoms with Gasteiger partial charge in [0.05, 0.1) is 20.2 Å². The van der Waals surface area contributed by atoms with E-state index in [0.29, 0.717) is 13.0 Å². The van der Waals surface area contributed by atoms with Crippen LogP contribution in [0, 0.1) is 0 Å². The summed E-state index contributed by atoms with van der Waals surface area (Å²) in [4.78, 5) is 26.3. The second-order valence-corrected chi connectivity index (χ2v) is 3.63. The van der Waals surface area contributed by atoms with Gasteiger partial charge in [-0.1, -0.05) is 0 Å². The SMILES string of the molecule is COC(=O)CN(CCc1ccc[nH]1)CC(=O)O. The van der Waals surface area contributed by atoms with E-state index in [1.165, 1.54) is 12.0 Å². The van der Waals surface area contributed by atoms with E-state index in [0.717, 1.165) is 5.69 Å². The number of carboxylic acids is 1. The number of carboxylic acid groups (broad SMARTS) is 1. The molecule has 0 aliphatic rings. The fourth-order valence-electron chi connectivity index (χ4n) is 1.45. The second kappa shape index (κ2) is 6.70. The number of nitrogens with zero attached hydrogens (tertiary/aromatic N) is 1. The van der Waals surface area contributed by atoms with Gasteiger partial charge < -0.3 is 14.8 Å². The van der Waals surface area contributed by atoms with Gasteiger partial charge in [-0.25, -0.2) is 0 Å². The molecule has 1 aromatic rings. The van der Waals surface area contributed by atoms with Crippen molar-refractivity contribution in [2.24, 2.45) is 0 Å². The van der Waals surface area contributed by atoms with Crippen LogP contribution in [0.2, 0.25) is 0 Å². The third-order valence-corrected chi connectivity index (χ3v) is 2.30. The molecule has 1 aromatic heterocycles. The Morgan fingerprint density at radius 1 is 1.47 bits per heavy atom. The van der Waals surface area contributed by atoms with Crippen molar-refractivity contribution in [3.8, 4) is 0 Å². The summed E-state index contributed by atoms with van der Waals surface area (Å²) < 4.78 is 4.52. The maximum atomic E-state index is 11.1. The molecule has 0 atom stereocenters. The topological polar surface area (TPSA) is 82.6 Å². The summed E-state index contributed by atoms with van der Waals surface area (Å²) in [6.45, 7) is 0.307. The molecule has 0 spiro atoms. The van der Waals surface area contributed by atoms with Gasteiger partial charge in [0, 0.05) is 24.9 Å². The molecule has 0 aliphatic heterocycles. The lowest BCUT2D eigenvalue weighted by atomic mass is 10.3. The van der Waals surface area contributed by atoms with Crippen molar-refractivity contribution in [3.63, 3.8) is 0 Å². The monoisotopic (exact) mass is 240 g/mol. The van der Waals surface area contributed by atoms with E-state index in [1.54, 1.807) is 6.20 Å². The van der Waals surface area contributed by atoms with Gasteiger partial charge in [-0.05, 0) is 12.1 Å². The maximum absolute atomic E-state index is 11.1. The number of hydrogen-bond acceptors (Lipinski definition) is 4. The molecule has 0 aliphatic carbocycles. The summed E-state index contributed by atoms with van der Waals surface area (Å²) >= 11 is 0. The lowest BCUT2D eigenvalue weighted by molar-refractivity contribution is -0.144. The Kier molecular flexibility index (Phi) is 5.22. The van der Waals surface area contributed by atoms with Crippen LogP contribution < -0.4 is 0 Å². The van der Waals surface area contributed by atoms with Crippen LogP contribution in [-0.2, 0) is 20.7 Å². The predicted octanol–water partition coefficient (Wildman–Crippen LogP) is 0.117. The molecular formula is C11H16N2O4. The number of aromatic amines is 1. The van der Waals surface area contributed by atoms with E-state index in [-0.39, 0.29) is 13.1 Å². The molecule has 6 heteroatoms. The van der Waals surface area contributed by atoms with Crippen LogP contribution in [0.4, 0.5) is 0 Å². The van der Waals surface area contributed by atoms with Gasteiger partial charge in [0.2, 0.25) is 0 Å². The smallest absolute Gasteiger partial charge is 0.319 e. The molecule has 0 unspecified atom stereocenters. The number of rotatable bonds is 7. The zero-order valence-electron chi connectivity index (χ0n) is 9.68. The molecule has 0 aromatic carbocycles. The standard InChI is InChI=1S/C11H16N2O4/c1-17-11(16)8-13(7-10(14)15)6-4-9-3-2-5-12-9/h2-3,5,12H,4,6-8H2,1H3,(H,14,15). The molecule has 0 amide bonds. The molecule has 0 bridgehead atoms. The lowest BCUT2D eigenvalue weighted by Crippen LogP contribution is -2.36. The van der Waals surface area contributed by atoms with E-state index >= 15 is 0 Å². The first-order valence-corrected chi connectivity index (χ1v) is 5.25. The van der Waals surface area contributed by atoms with Gasteiger partial charge in [-0.2, -0.15) is 0 Å². The molecule has 1 heterocycles. The molecule has 17 heavy (non-hydrogen) atoms. The van der Waals surface area contributed by atoms with Crippen LogP contribution in [0.5, 0.6) is 0 Å². The summed E-state index contributed by atoms with van der Waals surface area (Å²) in [5, 5.41) is 8.73. The van der Waals surface area contributed by atoms with Gasteiger partial charge in [-0.15, -0.1) is 0 Å². The van der Waals surface area contributed by atoms with Gasteiger partial charge >= 0.3 is 11.9 Å². The number of hydrogen-bond donors (Lipinski definition) is 2. The van der Waals surface area contributed by atoms with Crippen molar-refractivity contribution in [2.75, 3.05) is 26.7 Å². The first kappa shape index (κ1) is 13.2. The van der Waals surface area contributed by atoms with Crippen LogP contribution in [0.25, 0.3) is 0 Å². The average Bonchev–Trinajstić information content (AvgIpc) is 2.77. The third-order valence-electron chi connectivity index (χ3n) is 2.30. The van der Waals surface area contributed by atoms with Crippen LogP contribution in [0.3, 0.4) is 0 Å². The third kappa shape index (κ3) is 5.17. The van der Waals surface area contributed by atoms with Crippen molar-refractivity contribution >= 4 is 11.9 Å². The first-order valence-electron chi connectivity index (χ1n) is 5.25. The highest BCUT2D eigenvalue weighted by atomic mass is 16.5. The Labute approximate surface area is 99.2 Å². The van der Waals surface area contributed by atoms with Gasteiger partial charge in [0.25, 0.3) is 0 Å². The minimum absolute atomic E-state index is 0.0104. The zero-order valence-corrected chi connectivity index (χ0v) is 9.68. The summed E-state index contributed by atoms with van der Waals surface area (Å²) in [7, 11) is 1.28. The van der Waals surface area contributed by atoms with E-state index in [9.17, 15) is 9.59 Å². The highest BCUT2D eigenvalue weighted by Gasteiger charge is 2.14. The number of carbonyl (C=O) groups excluding carboxylic acids is 1. The second-order valence-electron chi connectivity index (χ2n) is 3.63. The lowest BCUT2D eigenvalue weighted by Gasteiger charge is -2.18. The Balaban J connectivity index is 2.45. The molecule has 6 nitrogen and oxygen atoms in total. The molecule has 2 N–H and O–H groups in total. The molecular weight excluding hydrogens is 224 g/mol. The normalized spacial score (nSPS) is 10.5. The van der Waals surface area contributed by atoms with E-state index < -0.39 is 11.9 Å². The van der Waals surface area contributed by atoms with Crippen molar-refractivity contribution in [1.82, 2.24) is 9.88 Å². The fraction of sp³-hybridized carbons (Fsp3) is 0.455. The number of esters is 1. The van der Waals surface area contributed by atoms with E-state index in [4.69, 9.17) is 5.11 Å². The van der Waals surface area contributed by atoms with Crippen molar-refractivity contribution < 1.29 is 19.4 Å². The van der Waals surface area contributed by atoms with E-state index in [1.807, 2.05) is 12.1 Å². The Morgan fingerprint density at radius 3 is 2.76 bits per heavy atom. The molecule has 0 radical (unpaired) electrons. The summed E-state index contributed by atoms with van der Waals surface area (Å²) in [5.41, 5.74) is 1.00. The first-order chi connectivity index (χ1) is 8.11. The number of aliphatic carboxylic acids is 1. The fourth-order valence-corrected chi connectivity index (χ4v) is 1.45. The zero-order chi connectivity index (χ0) is 12.7. The molecule has 0 saturated heterocycles. The Hall–Kier alpha value is -1.82. The highest BCUT2D eigenvalue weighted by Crippen LogP contribution is 1.99. The Bertz CT molecular complexity index is 362. The van der Waals surface area contributed by atoms with Crippen molar-refractivity contribution in [3.05, 3.63) is 24.0 Å². The molecule has 0 fully saturated rings. The van der Waals surface area contributed by atoms with Gasteiger partial charge in [0.1, 0.15) is 0 Å². The largest absolute Gasteiger partial charge is 0.480 e. The van der Waals surface area contributed by atoms with Crippen LogP contribution in [0.15, 0.2) is 18.3 Å². The van der Waals surface area contributed by atoms with Crippen LogP contribution in [-0.4, -0.2) is 53.7 Å².